The van der Waals surface area contributed by atoms with Gasteiger partial charge in [-0.25, -0.2) is 0 Å². The number of aromatic amines is 1. The van der Waals surface area contributed by atoms with Crippen LogP contribution >= 0.6 is 0 Å². The molecule has 0 unspecified atom stereocenters. The van der Waals surface area contributed by atoms with E-state index in [2.05, 4.69) is 4.98 Å². The van der Waals surface area contributed by atoms with Crippen LogP contribution in [0, 0.1) is 0 Å². The van der Waals surface area contributed by atoms with Crippen molar-refractivity contribution in [1.82, 2.24) is 4.98 Å². The summed E-state index contributed by atoms with van der Waals surface area (Å²) in [5.74, 6) is 2.58. The monoisotopic (exact) mass is 423 g/mol. The van der Waals surface area contributed by atoms with Gasteiger partial charge in [-0.3, -0.25) is 0 Å². The molecule has 0 bridgehead atoms. The van der Waals surface area contributed by atoms with Gasteiger partial charge in [-0.2, -0.15) is 0 Å². The van der Waals surface area contributed by atoms with Crippen LogP contribution in [0.2, 0.25) is 0 Å². The number of hydrogen-bond acceptors (Lipinski definition) is 5. The van der Waals surface area contributed by atoms with Crippen LogP contribution in [0.3, 0.4) is 0 Å². The van der Waals surface area contributed by atoms with Gasteiger partial charge in [0, 0.05) is 0 Å². The number of rotatable bonds is 7. The number of aliphatic hydroxyl groups excluding tert-OH is 1. The molecule has 26 heavy (non-hydrogen) atoms. The minimum absolute atomic E-state index is 0.0570. The van der Waals surface area contributed by atoms with Gasteiger partial charge in [-0.05, 0) is 0 Å². The average Bonchev–Trinajstić information content (AvgIpc) is 3.03. The van der Waals surface area contributed by atoms with E-state index in [9.17, 15) is 5.11 Å². The summed E-state index contributed by atoms with van der Waals surface area (Å²) in [5.41, 5.74) is 1.78. The van der Waals surface area contributed by atoms with Gasteiger partial charge in [-0.1, -0.05) is 0 Å². The van der Waals surface area contributed by atoms with Crippen LogP contribution in [-0.2, 0) is 6.61 Å². The second kappa shape index (κ2) is 7.91. The third-order valence-corrected chi connectivity index (χ3v) is 6.44. The van der Waals surface area contributed by atoms with Crippen molar-refractivity contribution in [3.8, 4) is 23.0 Å². The zero-order valence-electron chi connectivity index (χ0n) is 15.1. The number of ether oxygens (including phenoxy) is 4. The van der Waals surface area contributed by atoms with Gasteiger partial charge >= 0.3 is 158 Å². The maximum absolute atomic E-state index is 9.79. The predicted molar refractivity (Wildman–Crippen MR) is 102 cm³/mol. The Morgan fingerprint density at radius 3 is 2.15 bits per heavy atom. The number of benzene rings is 2. The van der Waals surface area contributed by atoms with Gasteiger partial charge in [0.05, 0.1) is 0 Å². The molecule has 0 amide bonds. The first kappa shape index (κ1) is 18.5. The van der Waals surface area contributed by atoms with Crippen molar-refractivity contribution in [3.05, 3.63) is 36.0 Å². The van der Waals surface area contributed by atoms with Crippen molar-refractivity contribution in [2.24, 2.45) is 0 Å². The van der Waals surface area contributed by atoms with E-state index >= 15 is 0 Å². The molecule has 0 fully saturated rings. The van der Waals surface area contributed by atoms with Crippen molar-refractivity contribution < 1.29 is 24.1 Å². The van der Waals surface area contributed by atoms with Crippen LogP contribution in [0.25, 0.3) is 10.9 Å². The Labute approximate surface area is 158 Å². The number of nitrogens with one attached hydrogen (secondary N) is 1. The fourth-order valence-electron chi connectivity index (χ4n) is 2.79. The molecule has 0 aliphatic rings. The van der Waals surface area contributed by atoms with Gasteiger partial charge in [0.2, 0.25) is 0 Å². The van der Waals surface area contributed by atoms with Crippen LogP contribution < -0.4 is 27.9 Å². The SMILES string of the molecule is COc1ccc2[nH]c(CO)c([Se]c3cc(OC)c(OC)c(OC)c3)c2c1. The van der Waals surface area contributed by atoms with E-state index in [1.165, 1.54) is 0 Å². The number of aromatic nitrogens is 1. The zero-order chi connectivity index (χ0) is 18.7. The van der Waals surface area contributed by atoms with E-state index in [0.717, 1.165) is 31.3 Å². The number of fused-ring (bicyclic) bond motifs is 1. The summed E-state index contributed by atoms with van der Waals surface area (Å²) < 4.78 is 23.7. The van der Waals surface area contributed by atoms with Crippen LogP contribution in [-0.4, -0.2) is 53.5 Å². The molecule has 6 nitrogen and oxygen atoms in total. The van der Waals surface area contributed by atoms with Crippen LogP contribution in [0.1, 0.15) is 5.69 Å². The van der Waals surface area contributed by atoms with E-state index in [1.807, 2.05) is 30.3 Å². The molecule has 0 spiro atoms. The molecular formula is C19H21NO5Se. The van der Waals surface area contributed by atoms with Gasteiger partial charge in [0.15, 0.2) is 0 Å². The standard InChI is InChI=1S/C19H21NO5Se/c1-22-11-5-6-14-13(7-11)19(15(10-21)20-14)26-12-8-16(23-2)18(25-4)17(9-12)24-3/h5-9,20-21H,10H2,1-4H3. The van der Waals surface area contributed by atoms with E-state index in [-0.39, 0.29) is 21.6 Å². The fourth-order valence-corrected chi connectivity index (χ4v) is 5.07. The third kappa shape index (κ3) is 3.33. The van der Waals surface area contributed by atoms with Crippen molar-refractivity contribution in [1.29, 1.82) is 0 Å². The first-order valence-corrected chi connectivity index (χ1v) is 9.63. The number of H-pyrrole nitrogens is 1. The molecule has 3 rings (SSSR count). The van der Waals surface area contributed by atoms with Crippen molar-refractivity contribution in [3.63, 3.8) is 0 Å². The molecular weight excluding hydrogens is 401 g/mol. The fraction of sp³-hybridized carbons (Fsp3) is 0.263. The average molecular weight is 422 g/mol. The van der Waals surface area contributed by atoms with E-state index in [0.29, 0.717) is 17.2 Å². The second-order valence-electron chi connectivity index (χ2n) is 5.47. The summed E-state index contributed by atoms with van der Waals surface area (Å²) in [6.45, 7) is -0.0570. The van der Waals surface area contributed by atoms with Crippen molar-refractivity contribution >= 4 is 34.8 Å². The molecule has 0 saturated heterocycles. The number of methoxy groups -OCH3 is 4. The van der Waals surface area contributed by atoms with E-state index in [1.54, 1.807) is 28.4 Å². The summed E-state index contributed by atoms with van der Waals surface area (Å²) in [4.78, 5) is 3.29. The van der Waals surface area contributed by atoms with Gasteiger partial charge in [-0.15, -0.1) is 0 Å². The molecule has 0 atom stereocenters. The maximum atomic E-state index is 9.79. The van der Waals surface area contributed by atoms with Gasteiger partial charge < -0.3 is 0 Å². The topological polar surface area (TPSA) is 72.9 Å². The zero-order valence-corrected chi connectivity index (χ0v) is 16.8. The van der Waals surface area contributed by atoms with Crippen LogP contribution in [0.15, 0.2) is 30.3 Å². The Bertz CT molecular complexity index is 897. The first-order chi connectivity index (χ1) is 12.6. The Balaban J connectivity index is 2.11. The number of aliphatic hydroxyl groups is 1. The molecule has 0 radical (unpaired) electrons. The van der Waals surface area contributed by atoms with Crippen molar-refractivity contribution in [2.75, 3.05) is 28.4 Å². The molecule has 0 saturated carbocycles. The van der Waals surface area contributed by atoms with E-state index < -0.39 is 0 Å². The quantitative estimate of drug-likeness (QED) is 0.563. The summed E-state index contributed by atoms with van der Waals surface area (Å²) in [6, 6.07) is 9.74. The molecule has 1 heterocycles. The van der Waals surface area contributed by atoms with Gasteiger partial charge in [0.1, 0.15) is 0 Å². The Morgan fingerprint density at radius 2 is 1.62 bits per heavy atom. The summed E-state index contributed by atoms with van der Waals surface area (Å²) in [6.07, 6.45) is 0. The predicted octanol–water partition coefficient (Wildman–Crippen LogP) is 1.35. The Kier molecular flexibility index (Phi) is 5.61. The molecule has 2 N–H and O–H groups in total. The summed E-state index contributed by atoms with van der Waals surface area (Å²) in [7, 11) is 6.43. The third-order valence-electron chi connectivity index (χ3n) is 4.05. The molecule has 0 aliphatic heterocycles. The Morgan fingerprint density at radius 1 is 0.923 bits per heavy atom. The van der Waals surface area contributed by atoms with E-state index in [4.69, 9.17) is 18.9 Å². The normalized spacial score (nSPS) is 10.8. The molecule has 3 aromatic rings. The second-order valence-corrected chi connectivity index (χ2v) is 7.74. The minimum atomic E-state index is -0.0878. The molecule has 1 aromatic heterocycles. The molecule has 7 heteroatoms. The van der Waals surface area contributed by atoms with Crippen LogP contribution in [0.5, 0.6) is 23.0 Å². The van der Waals surface area contributed by atoms with Gasteiger partial charge in [0.25, 0.3) is 0 Å². The Hall–Kier alpha value is -2.34. The summed E-state index contributed by atoms with van der Waals surface area (Å²) >= 11 is -0.0878. The molecule has 2 aromatic carbocycles. The molecule has 138 valence electrons. The van der Waals surface area contributed by atoms with Crippen LogP contribution in [0.4, 0.5) is 0 Å². The first-order valence-electron chi connectivity index (χ1n) is 7.92. The molecule has 0 aliphatic carbocycles. The van der Waals surface area contributed by atoms with Crippen molar-refractivity contribution in [2.45, 2.75) is 6.61 Å². The number of hydrogen-bond donors (Lipinski definition) is 2. The summed E-state index contributed by atoms with van der Waals surface area (Å²) in [5, 5.41) is 10.8.